The first-order chi connectivity index (χ1) is 9.75. The quantitative estimate of drug-likeness (QED) is 0.630. The smallest absolute Gasteiger partial charge is 0.268 e. The standard InChI is InChI=1S/C14H9N3OS2/c18-13-12(7-10-3-1-5-15-8-10)20-14(19)17(13)11-4-2-6-16-9-11/h1-9H. The fraction of sp³-hybridized carbons (Fsp3) is 0. The Morgan fingerprint density at radius 1 is 1.15 bits per heavy atom. The Bertz CT molecular complexity index is 686. The predicted octanol–water partition coefficient (Wildman–Crippen LogP) is 2.88. The van der Waals surface area contributed by atoms with E-state index in [2.05, 4.69) is 9.97 Å². The lowest BCUT2D eigenvalue weighted by Crippen LogP contribution is -2.27. The van der Waals surface area contributed by atoms with E-state index in [1.807, 2.05) is 18.2 Å². The molecule has 0 aromatic carbocycles. The summed E-state index contributed by atoms with van der Waals surface area (Å²) in [4.78, 5) is 22.5. The fourth-order valence-electron chi connectivity index (χ4n) is 1.79. The van der Waals surface area contributed by atoms with E-state index >= 15 is 0 Å². The molecule has 1 aliphatic rings. The van der Waals surface area contributed by atoms with E-state index < -0.39 is 0 Å². The number of aromatic nitrogens is 2. The number of nitrogens with zero attached hydrogens (tertiary/aromatic N) is 3. The van der Waals surface area contributed by atoms with Crippen LogP contribution in [0.25, 0.3) is 6.08 Å². The third kappa shape index (κ3) is 2.48. The molecule has 1 saturated heterocycles. The highest BCUT2D eigenvalue weighted by molar-refractivity contribution is 8.27. The maximum absolute atomic E-state index is 12.4. The minimum absolute atomic E-state index is 0.128. The van der Waals surface area contributed by atoms with Crippen LogP contribution in [-0.2, 0) is 4.79 Å². The highest BCUT2D eigenvalue weighted by Gasteiger charge is 2.33. The largest absolute Gasteiger partial charge is 0.270 e. The second kappa shape index (κ2) is 5.52. The van der Waals surface area contributed by atoms with Crippen LogP contribution in [0.3, 0.4) is 0 Å². The summed E-state index contributed by atoms with van der Waals surface area (Å²) in [6, 6.07) is 7.31. The number of amides is 1. The molecule has 3 heterocycles. The molecule has 4 nitrogen and oxygen atoms in total. The van der Waals surface area contributed by atoms with Gasteiger partial charge in [-0.15, -0.1) is 0 Å². The molecule has 0 bridgehead atoms. The summed E-state index contributed by atoms with van der Waals surface area (Å²) in [5.41, 5.74) is 1.56. The minimum Gasteiger partial charge on any atom is -0.268 e. The first kappa shape index (κ1) is 13.0. The Morgan fingerprint density at radius 3 is 2.55 bits per heavy atom. The summed E-state index contributed by atoms with van der Waals surface area (Å²) in [5, 5.41) is 0. The molecular formula is C14H9N3OS2. The van der Waals surface area contributed by atoms with E-state index in [1.165, 1.54) is 16.7 Å². The second-order valence-corrected chi connectivity index (χ2v) is 5.69. The van der Waals surface area contributed by atoms with Gasteiger partial charge in [-0.1, -0.05) is 30.0 Å². The number of hydrogen-bond donors (Lipinski definition) is 0. The average molecular weight is 299 g/mol. The molecule has 1 aliphatic heterocycles. The first-order valence-corrected chi connectivity index (χ1v) is 7.06. The van der Waals surface area contributed by atoms with Gasteiger partial charge in [0.2, 0.25) is 0 Å². The van der Waals surface area contributed by atoms with Gasteiger partial charge in [0, 0.05) is 18.6 Å². The molecule has 0 spiro atoms. The third-order valence-electron chi connectivity index (χ3n) is 2.68. The Labute approximate surface area is 125 Å². The van der Waals surface area contributed by atoms with Crippen molar-refractivity contribution in [2.24, 2.45) is 0 Å². The van der Waals surface area contributed by atoms with E-state index in [0.29, 0.717) is 14.9 Å². The van der Waals surface area contributed by atoms with Crippen LogP contribution in [0.5, 0.6) is 0 Å². The number of pyridine rings is 2. The lowest BCUT2D eigenvalue weighted by molar-refractivity contribution is -0.113. The topological polar surface area (TPSA) is 46.1 Å². The molecule has 98 valence electrons. The summed E-state index contributed by atoms with van der Waals surface area (Å²) in [7, 11) is 0. The van der Waals surface area contributed by atoms with Crippen LogP contribution in [-0.4, -0.2) is 20.2 Å². The van der Waals surface area contributed by atoms with Crippen molar-refractivity contribution in [3.63, 3.8) is 0 Å². The molecule has 6 heteroatoms. The van der Waals surface area contributed by atoms with Gasteiger partial charge in [-0.2, -0.15) is 0 Å². The van der Waals surface area contributed by atoms with Crippen molar-refractivity contribution in [3.8, 4) is 0 Å². The summed E-state index contributed by atoms with van der Waals surface area (Å²) in [5.74, 6) is -0.128. The molecule has 0 atom stereocenters. The highest BCUT2D eigenvalue weighted by Crippen LogP contribution is 2.35. The molecule has 0 aliphatic carbocycles. The number of rotatable bonds is 2. The fourth-order valence-corrected chi connectivity index (χ4v) is 3.09. The average Bonchev–Trinajstić information content (AvgIpc) is 2.75. The number of thiocarbonyl (C=S) groups is 1. The Balaban J connectivity index is 1.93. The van der Waals surface area contributed by atoms with E-state index in [9.17, 15) is 4.79 Å². The van der Waals surface area contributed by atoms with Crippen LogP contribution in [0.2, 0.25) is 0 Å². The zero-order chi connectivity index (χ0) is 13.9. The van der Waals surface area contributed by atoms with Gasteiger partial charge in [-0.3, -0.25) is 19.7 Å². The number of thioether (sulfide) groups is 1. The molecule has 2 aromatic heterocycles. The number of hydrogen-bond acceptors (Lipinski definition) is 5. The molecule has 2 aromatic rings. The van der Waals surface area contributed by atoms with Crippen LogP contribution in [0.1, 0.15) is 5.56 Å². The summed E-state index contributed by atoms with van der Waals surface area (Å²) in [6.07, 6.45) is 8.47. The third-order valence-corrected chi connectivity index (χ3v) is 3.98. The zero-order valence-corrected chi connectivity index (χ0v) is 11.9. The monoisotopic (exact) mass is 299 g/mol. The van der Waals surface area contributed by atoms with Gasteiger partial charge >= 0.3 is 0 Å². The minimum atomic E-state index is -0.128. The van der Waals surface area contributed by atoms with Crippen LogP contribution in [0.4, 0.5) is 5.69 Å². The van der Waals surface area contributed by atoms with E-state index in [1.54, 1.807) is 36.9 Å². The van der Waals surface area contributed by atoms with Gasteiger partial charge in [0.1, 0.15) is 0 Å². The van der Waals surface area contributed by atoms with Gasteiger partial charge < -0.3 is 0 Å². The maximum atomic E-state index is 12.4. The van der Waals surface area contributed by atoms with E-state index in [-0.39, 0.29) is 5.91 Å². The van der Waals surface area contributed by atoms with Crippen LogP contribution in [0.15, 0.2) is 54.0 Å². The molecule has 1 fully saturated rings. The lowest BCUT2D eigenvalue weighted by Gasteiger charge is -2.13. The van der Waals surface area contributed by atoms with Crippen LogP contribution < -0.4 is 4.90 Å². The van der Waals surface area contributed by atoms with Crippen molar-refractivity contribution >= 4 is 46.0 Å². The molecular weight excluding hydrogens is 290 g/mol. The van der Waals surface area contributed by atoms with Crippen molar-refractivity contribution in [1.82, 2.24) is 9.97 Å². The number of anilines is 1. The SMILES string of the molecule is O=C1C(=Cc2cccnc2)SC(=S)N1c1cccnc1. The van der Waals surface area contributed by atoms with Crippen LogP contribution >= 0.6 is 24.0 Å². The van der Waals surface area contributed by atoms with Crippen LogP contribution in [0, 0.1) is 0 Å². The van der Waals surface area contributed by atoms with E-state index in [4.69, 9.17) is 12.2 Å². The van der Waals surface area contributed by atoms with Crippen molar-refractivity contribution in [2.75, 3.05) is 4.90 Å². The number of carbonyl (C=O) groups is 1. The molecule has 1 amide bonds. The lowest BCUT2D eigenvalue weighted by atomic mass is 10.2. The molecule has 0 N–H and O–H groups in total. The Hall–Kier alpha value is -2.05. The van der Waals surface area contributed by atoms with Gasteiger partial charge in [0.15, 0.2) is 4.32 Å². The molecule has 0 unspecified atom stereocenters. The molecule has 3 rings (SSSR count). The van der Waals surface area contributed by atoms with Gasteiger partial charge in [0.05, 0.1) is 16.8 Å². The molecule has 0 saturated carbocycles. The zero-order valence-electron chi connectivity index (χ0n) is 10.3. The second-order valence-electron chi connectivity index (χ2n) is 4.01. The van der Waals surface area contributed by atoms with Crippen molar-refractivity contribution in [3.05, 3.63) is 59.5 Å². The predicted molar refractivity (Wildman–Crippen MR) is 84.1 cm³/mol. The summed E-state index contributed by atoms with van der Waals surface area (Å²) in [6.45, 7) is 0. The molecule has 20 heavy (non-hydrogen) atoms. The Morgan fingerprint density at radius 2 is 1.90 bits per heavy atom. The maximum Gasteiger partial charge on any atom is 0.270 e. The van der Waals surface area contributed by atoms with Gasteiger partial charge in [-0.05, 0) is 29.8 Å². The highest BCUT2D eigenvalue weighted by atomic mass is 32.2. The van der Waals surface area contributed by atoms with Crippen molar-refractivity contribution < 1.29 is 4.79 Å². The first-order valence-electron chi connectivity index (χ1n) is 5.84. The normalized spacial score (nSPS) is 17.0. The Kier molecular flexibility index (Phi) is 3.58. The molecule has 0 radical (unpaired) electrons. The number of carbonyl (C=O) groups excluding carboxylic acids is 1. The summed E-state index contributed by atoms with van der Waals surface area (Å²) >= 11 is 6.56. The van der Waals surface area contributed by atoms with Gasteiger partial charge in [-0.25, -0.2) is 0 Å². The van der Waals surface area contributed by atoms with E-state index in [0.717, 1.165) is 5.56 Å². The van der Waals surface area contributed by atoms with Gasteiger partial charge in [0.25, 0.3) is 5.91 Å². The van der Waals surface area contributed by atoms with Crippen molar-refractivity contribution in [2.45, 2.75) is 0 Å². The summed E-state index contributed by atoms with van der Waals surface area (Å²) < 4.78 is 0.512. The van der Waals surface area contributed by atoms with Crippen molar-refractivity contribution in [1.29, 1.82) is 0 Å².